The monoisotopic (exact) mass is 425 g/mol. The lowest BCUT2D eigenvalue weighted by Gasteiger charge is -2.16. The lowest BCUT2D eigenvalue weighted by atomic mass is 10.0. The van der Waals surface area contributed by atoms with Gasteiger partial charge in [-0.15, -0.1) is 0 Å². The van der Waals surface area contributed by atoms with Gasteiger partial charge >= 0.3 is 0 Å². The van der Waals surface area contributed by atoms with Crippen LogP contribution in [0.4, 0.5) is 0 Å². The van der Waals surface area contributed by atoms with Crippen LogP contribution in [0.3, 0.4) is 0 Å². The molecule has 0 amide bonds. The van der Waals surface area contributed by atoms with Gasteiger partial charge in [0.2, 0.25) is 0 Å². The maximum absolute atomic E-state index is 5.13. The van der Waals surface area contributed by atoms with Crippen LogP contribution in [0, 0.1) is 0 Å². The Kier molecular flexibility index (Phi) is 6.58. The third kappa shape index (κ3) is 4.40. The van der Waals surface area contributed by atoms with Crippen molar-refractivity contribution < 1.29 is 0 Å². The van der Waals surface area contributed by atoms with Crippen molar-refractivity contribution in [1.82, 2.24) is 9.97 Å². The number of aromatic nitrogens is 2. The molecule has 1 aromatic heterocycles. The zero-order valence-electron chi connectivity index (χ0n) is 14.8. The maximum Gasteiger partial charge on any atom is 0.187 e. The van der Waals surface area contributed by atoms with Gasteiger partial charge in [0.25, 0.3) is 0 Å². The molecule has 1 heterocycles. The average molecular weight is 426 g/mol. The number of halogens is 1. The van der Waals surface area contributed by atoms with Crippen molar-refractivity contribution >= 4 is 33.4 Å². The van der Waals surface area contributed by atoms with Crippen molar-refractivity contribution in [2.75, 3.05) is 6.26 Å². The van der Waals surface area contributed by atoms with Crippen LogP contribution in [-0.2, 0) is 0 Å². The molecule has 132 valence electrons. The number of rotatable bonds is 6. The first-order valence-electron chi connectivity index (χ1n) is 8.48. The Morgan fingerprint density at radius 1 is 1.04 bits per heavy atom. The SMILES string of the molecule is CCC(N=C(c1ccccc1)c1ccccc1)c1nc(SC)ncc1Br. The molecule has 0 aliphatic heterocycles. The van der Waals surface area contributed by atoms with Crippen molar-refractivity contribution in [3.8, 4) is 0 Å². The van der Waals surface area contributed by atoms with Gasteiger partial charge in [0.1, 0.15) is 0 Å². The van der Waals surface area contributed by atoms with Gasteiger partial charge < -0.3 is 0 Å². The number of thioether (sulfide) groups is 1. The first kappa shape index (κ1) is 18.8. The van der Waals surface area contributed by atoms with Crippen LogP contribution in [0.25, 0.3) is 0 Å². The fraction of sp³-hybridized carbons (Fsp3) is 0.190. The predicted molar refractivity (Wildman–Crippen MR) is 113 cm³/mol. The van der Waals surface area contributed by atoms with Gasteiger partial charge in [0, 0.05) is 17.3 Å². The van der Waals surface area contributed by atoms with Crippen molar-refractivity contribution in [2.45, 2.75) is 24.5 Å². The molecule has 0 bridgehead atoms. The van der Waals surface area contributed by atoms with Gasteiger partial charge in [-0.2, -0.15) is 0 Å². The van der Waals surface area contributed by atoms with E-state index in [9.17, 15) is 0 Å². The van der Waals surface area contributed by atoms with E-state index in [1.165, 1.54) is 11.8 Å². The first-order valence-corrected chi connectivity index (χ1v) is 10.5. The van der Waals surface area contributed by atoms with E-state index in [0.29, 0.717) is 0 Å². The Morgan fingerprint density at radius 3 is 2.12 bits per heavy atom. The molecule has 0 saturated heterocycles. The van der Waals surface area contributed by atoms with Crippen LogP contribution in [0.5, 0.6) is 0 Å². The van der Waals surface area contributed by atoms with Crippen LogP contribution in [-0.4, -0.2) is 21.9 Å². The molecule has 0 saturated carbocycles. The molecule has 3 nitrogen and oxygen atoms in total. The molecule has 0 aliphatic carbocycles. The quantitative estimate of drug-likeness (QED) is 0.278. The van der Waals surface area contributed by atoms with E-state index in [2.05, 4.69) is 52.1 Å². The molecule has 1 unspecified atom stereocenters. The topological polar surface area (TPSA) is 38.1 Å². The fourth-order valence-electron chi connectivity index (χ4n) is 2.70. The molecule has 3 aromatic rings. The molecule has 3 rings (SSSR count). The van der Waals surface area contributed by atoms with Crippen LogP contribution in [0.15, 0.2) is 81.5 Å². The number of nitrogens with zero attached hydrogens (tertiary/aromatic N) is 3. The van der Waals surface area contributed by atoms with Gasteiger partial charge in [-0.25, -0.2) is 9.97 Å². The minimum atomic E-state index is -0.0475. The summed E-state index contributed by atoms with van der Waals surface area (Å²) in [5.41, 5.74) is 4.12. The van der Waals surface area contributed by atoms with Gasteiger partial charge in [-0.1, -0.05) is 79.3 Å². The van der Waals surface area contributed by atoms with E-state index in [0.717, 1.165) is 38.6 Å². The van der Waals surface area contributed by atoms with E-state index >= 15 is 0 Å². The Hall–Kier alpha value is -1.98. The summed E-state index contributed by atoms with van der Waals surface area (Å²) in [5, 5.41) is 0.762. The summed E-state index contributed by atoms with van der Waals surface area (Å²) in [6.45, 7) is 2.13. The highest BCUT2D eigenvalue weighted by Crippen LogP contribution is 2.29. The number of aliphatic imine (C=N–C) groups is 1. The summed E-state index contributed by atoms with van der Waals surface area (Å²) in [4.78, 5) is 14.2. The molecule has 0 aliphatic rings. The lowest BCUT2D eigenvalue weighted by Crippen LogP contribution is -2.09. The largest absolute Gasteiger partial charge is 0.274 e. The molecule has 26 heavy (non-hydrogen) atoms. The Morgan fingerprint density at radius 2 is 1.62 bits per heavy atom. The Bertz CT molecular complexity index is 841. The van der Waals surface area contributed by atoms with Gasteiger partial charge in [0.15, 0.2) is 5.16 Å². The van der Waals surface area contributed by atoms with E-state index in [4.69, 9.17) is 9.98 Å². The van der Waals surface area contributed by atoms with Crippen LogP contribution < -0.4 is 0 Å². The molecule has 0 spiro atoms. The average Bonchev–Trinajstić information content (AvgIpc) is 2.71. The second-order valence-electron chi connectivity index (χ2n) is 5.72. The second kappa shape index (κ2) is 9.10. The van der Waals surface area contributed by atoms with Crippen LogP contribution in [0.2, 0.25) is 0 Å². The standard InChI is InChI=1S/C21H20BrN3S/c1-3-18(20-17(22)14-23-21(25-20)26-2)24-19(15-10-6-4-7-11-15)16-12-8-5-9-13-16/h4-14,18H,3H2,1-2H3. The summed E-state index contributed by atoms with van der Waals surface area (Å²) >= 11 is 5.14. The van der Waals surface area contributed by atoms with Gasteiger partial charge in [0.05, 0.1) is 21.9 Å². The minimum Gasteiger partial charge on any atom is -0.274 e. The molecule has 0 fully saturated rings. The summed E-state index contributed by atoms with van der Waals surface area (Å²) in [6, 6.07) is 20.6. The van der Waals surface area contributed by atoms with Crippen LogP contribution in [0.1, 0.15) is 36.2 Å². The second-order valence-corrected chi connectivity index (χ2v) is 7.35. The minimum absolute atomic E-state index is 0.0475. The predicted octanol–water partition coefficient (Wildman–Crippen LogP) is 5.95. The highest BCUT2D eigenvalue weighted by Gasteiger charge is 2.17. The van der Waals surface area contributed by atoms with Gasteiger partial charge in [-0.05, 0) is 28.6 Å². The van der Waals surface area contributed by atoms with Crippen molar-refractivity contribution in [3.05, 3.63) is 88.2 Å². The lowest BCUT2D eigenvalue weighted by molar-refractivity contribution is 0.658. The first-order chi connectivity index (χ1) is 12.7. The van der Waals surface area contributed by atoms with Crippen LogP contribution >= 0.6 is 27.7 Å². The zero-order valence-corrected chi connectivity index (χ0v) is 17.2. The molecular weight excluding hydrogens is 406 g/mol. The third-order valence-corrected chi connectivity index (χ3v) is 5.19. The fourth-order valence-corrected chi connectivity index (χ4v) is 3.51. The van der Waals surface area contributed by atoms with E-state index in [1.807, 2.05) is 48.9 Å². The van der Waals surface area contributed by atoms with E-state index in [-0.39, 0.29) is 6.04 Å². The Balaban J connectivity index is 2.11. The van der Waals surface area contributed by atoms with Gasteiger partial charge in [-0.3, -0.25) is 4.99 Å². The zero-order chi connectivity index (χ0) is 18.4. The van der Waals surface area contributed by atoms with E-state index in [1.54, 1.807) is 0 Å². The van der Waals surface area contributed by atoms with Crippen molar-refractivity contribution in [3.63, 3.8) is 0 Å². The summed E-state index contributed by atoms with van der Waals surface area (Å²) in [5.74, 6) is 0. The molecule has 2 aromatic carbocycles. The van der Waals surface area contributed by atoms with Crippen molar-refractivity contribution in [2.24, 2.45) is 4.99 Å². The summed E-state index contributed by atoms with van der Waals surface area (Å²) in [6.07, 6.45) is 4.65. The summed E-state index contributed by atoms with van der Waals surface area (Å²) in [7, 11) is 0. The summed E-state index contributed by atoms with van der Waals surface area (Å²) < 4.78 is 0.895. The van der Waals surface area contributed by atoms with Crippen molar-refractivity contribution in [1.29, 1.82) is 0 Å². The molecule has 0 N–H and O–H groups in total. The highest BCUT2D eigenvalue weighted by molar-refractivity contribution is 9.10. The normalized spacial score (nSPS) is 11.8. The number of hydrogen-bond donors (Lipinski definition) is 0. The number of hydrogen-bond acceptors (Lipinski definition) is 4. The third-order valence-electron chi connectivity index (χ3n) is 4.01. The molecule has 0 radical (unpaired) electrons. The Labute approximate surface area is 167 Å². The number of benzene rings is 2. The smallest absolute Gasteiger partial charge is 0.187 e. The maximum atomic E-state index is 5.13. The molecule has 5 heteroatoms. The molecule has 1 atom stereocenters. The molecular formula is C21H20BrN3S. The highest BCUT2D eigenvalue weighted by atomic mass is 79.9. The van der Waals surface area contributed by atoms with E-state index < -0.39 is 0 Å².